The first-order valence-electron chi connectivity index (χ1n) is 2.92. The fourth-order valence-electron chi connectivity index (χ4n) is 0.737. The van der Waals surface area contributed by atoms with Gasteiger partial charge in [-0.3, -0.25) is 0 Å². The highest BCUT2D eigenvalue weighted by atomic mass is 28.4. The fraction of sp³-hybridized carbons (Fsp3) is 1.00. The van der Waals surface area contributed by atoms with Gasteiger partial charge in [-0.2, -0.15) is 0 Å². The summed E-state index contributed by atoms with van der Waals surface area (Å²) in [6, 6.07) is 0. The highest BCUT2D eigenvalue weighted by Crippen LogP contribution is 2.13. The first-order valence-corrected chi connectivity index (χ1v) is 4.72. The summed E-state index contributed by atoms with van der Waals surface area (Å²) in [5.41, 5.74) is 0. The van der Waals surface area contributed by atoms with Gasteiger partial charge >= 0.3 is 8.80 Å². The van der Waals surface area contributed by atoms with Crippen LogP contribution in [-0.2, 0) is 13.3 Å². The van der Waals surface area contributed by atoms with Crippen molar-refractivity contribution in [1.82, 2.24) is 0 Å². The summed E-state index contributed by atoms with van der Waals surface area (Å²) in [6.45, 7) is 1.36. The predicted molar refractivity (Wildman–Crippen MR) is 37.4 cm³/mol. The Morgan fingerprint density at radius 2 is 1.40 bits per heavy atom. The van der Waals surface area contributed by atoms with Gasteiger partial charge in [-0.25, -0.2) is 4.39 Å². The Hall–Kier alpha value is 0.0269. The Bertz CT molecular complexity index is 86.6. The molecule has 0 aromatic heterocycles. The molecule has 0 spiro atoms. The van der Waals surface area contributed by atoms with E-state index in [-0.39, 0.29) is 0 Å². The molecule has 0 radical (unpaired) electrons. The second-order valence-corrected chi connectivity index (χ2v) is 5.06. The van der Waals surface area contributed by atoms with Crippen LogP contribution in [0, 0.1) is 0 Å². The summed E-state index contributed by atoms with van der Waals surface area (Å²) < 4.78 is 27.2. The van der Waals surface area contributed by atoms with E-state index in [0.717, 1.165) is 0 Å². The van der Waals surface area contributed by atoms with Gasteiger partial charge in [0.15, 0.2) is 5.79 Å². The Morgan fingerprint density at radius 1 is 1.10 bits per heavy atom. The monoisotopic (exact) mass is 168 g/mol. The minimum atomic E-state index is -2.96. The average molecular weight is 168 g/mol. The lowest BCUT2D eigenvalue weighted by Gasteiger charge is -2.24. The summed E-state index contributed by atoms with van der Waals surface area (Å²) in [4.78, 5) is 0. The number of alkyl halides is 1. The van der Waals surface area contributed by atoms with Crippen LogP contribution in [0.2, 0.25) is 0 Å². The smallest absolute Gasteiger partial charge is 0.375 e. The third-order valence-electron chi connectivity index (χ3n) is 1.34. The Kier molecular flexibility index (Phi) is 4.03. The normalized spacial score (nSPS) is 15.3. The molecule has 0 rings (SSSR count). The molecule has 0 aliphatic carbocycles. The second kappa shape index (κ2) is 4.02. The molecule has 0 bridgehead atoms. The quantitative estimate of drug-likeness (QED) is 0.580. The number of hydrogen-bond acceptors (Lipinski definition) is 3. The van der Waals surface area contributed by atoms with Crippen LogP contribution in [0.3, 0.4) is 0 Å². The largest absolute Gasteiger partial charge is 0.535 e. The number of halogens is 1. The van der Waals surface area contributed by atoms with Gasteiger partial charge in [0.25, 0.3) is 0 Å². The van der Waals surface area contributed by atoms with E-state index >= 15 is 0 Å². The molecular weight excluding hydrogens is 155 g/mol. The molecule has 1 atom stereocenters. The molecule has 3 nitrogen and oxygen atoms in total. The van der Waals surface area contributed by atoms with Crippen molar-refractivity contribution in [2.75, 3.05) is 21.3 Å². The molecule has 0 heterocycles. The zero-order chi connectivity index (χ0) is 8.20. The number of hydrogen-bond donors (Lipinski definition) is 0. The van der Waals surface area contributed by atoms with Gasteiger partial charge in [-0.05, 0) is 6.92 Å². The molecule has 1 unspecified atom stereocenters. The SMILES string of the molecule is CO[Si](OC)(OC)C(C)F. The maximum Gasteiger partial charge on any atom is 0.535 e. The second-order valence-electron chi connectivity index (χ2n) is 1.83. The summed E-state index contributed by atoms with van der Waals surface area (Å²) in [5.74, 6) is -1.19. The zero-order valence-corrected chi connectivity index (χ0v) is 7.68. The molecule has 0 aromatic carbocycles. The molecule has 0 amide bonds. The van der Waals surface area contributed by atoms with Crippen molar-refractivity contribution >= 4 is 8.80 Å². The standard InChI is InChI=1S/C5H13FO3Si/c1-5(6)10(7-2,8-3)9-4/h5H,1-4H3. The van der Waals surface area contributed by atoms with Crippen molar-refractivity contribution in [3.05, 3.63) is 0 Å². The van der Waals surface area contributed by atoms with Crippen LogP contribution in [0.15, 0.2) is 0 Å². The van der Waals surface area contributed by atoms with E-state index in [9.17, 15) is 4.39 Å². The lowest BCUT2D eigenvalue weighted by molar-refractivity contribution is 0.0925. The topological polar surface area (TPSA) is 27.7 Å². The molecular formula is C5H13FO3Si. The van der Waals surface area contributed by atoms with E-state index < -0.39 is 14.6 Å². The zero-order valence-electron chi connectivity index (χ0n) is 6.68. The third-order valence-corrected chi connectivity index (χ3v) is 4.02. The van der Waals surface area contributed by atoms with Gasteiger partial charge in [0.2, 0.25) is 0 Å². The predicted octanol–water partition coefficient (Wildman–Crippen LogP) is 0.762. The van der Waals surface area contributed by atoms with Crippen molar-refractivity contribution in [2.45, 2.75) is 12.7 Å². The van der Waals surface area contributed by atoms with E-state index in [4.69, 9.17) is 13.3 Å². The summed E-state index contributed by atoms with van der Waals surface area (Å²) in [5, 5.41) is 0. The fourth-order valence-corrected chi connectivity index (χ4v) is 2.21. The van der Waals surface area contributed by atoms with Crippen LogP contribution in [0.1, 0.15) is 6.92 Å². The molecule has 62 valence electrons. The van der Waals surface area contributed by atoms with Gasteiger partial charge in [0.1, 0.15) is 0 Å². The van der Waals surface area contributed by atoms with Crippen molar-refractivity contribution in [3.8, 4) is 0 Å². The molecule has 0 saturated heterocycles. The van der Waals surface area contributed by atoms with E-state index in [2.05, 4.69) is 0 Å². The van der Waals surface area contributed by atoms with Crippen LogP contribution < -0.4 is 0 Å². The van der Waals surface area contributed by atoms with Gasteiger partial charge in [0, 0.05) is 21.3 Å². The van der Waals surface area contributed by atoms with Crippen molar-refractivity contribution < 1.29 is 17.7 Å². The minimum Gasteiger partial charge on any atom is -0.375 e. The molecule has 0 saturated carbocycles. The highest BCUT2D eigenvalue weighted by Gasteiger charge is 2.45. The Morgan fingerprint density at radius 3 is 1.40 bits per heavy atom. The van der Waals surface area contributed by atoms with Gasteiger partial charge in [-0.15, -0.1) is 0 Å². The summed E-state index contributed by atoms with van der Waals surface area (Å²) in [7, 11) is 1.19. The molecule has 5 heteroatoms. The Labute approximate surface area is 61.5 Å². The van der Waals surface area contributed by atoms with E-state index in [1.165, 1.54) is 28.3 Å². The number of rotatable bonds is 4. The molecule has 0 fully saturated rings. The molecule has 10 heavy (non-hydrogen) atoms. The first kappa shape index (κ1) is 10.0. The summed E-state index contributed by atoms with van der Waals surface area (Å²) >= 11 is 0. The Balaban J connectivity index is 4.15. The third kappa shape index (κ3) is 1.76. The van der Waals surface area contributed by atoms with Crippen LogP contribution in [0.4, 0.5) is 4.39 Å². The van der Waals surface area contributed by atoms with E-state index in [0.29, 0.717) is 0 Å². The van der Waals surface area contributed by atoms with Gasteiger partial charge in [-0.1, -0.05) is 0 Å². The van der Waals surface area contributed by atoms with Crippen LogP contribution in [0.5, 0.6) is 0 Å². The lowest BCUT2D eigenvalue weighted by Crippen LogP contribution is -2.51. The first-order chi connectivity index (χ1) is 4.63. The van der Waals surface area contributed by atoms with Crippen molar-refractivity contribution in [1.29, 1.82) is 0 Å². The van der Waals surface area contributed by atoms with E-state index in [1.54, 1.807) is 0 Å². The lowest BCUT2D eigenvalue weighted by atomic mass is 10.9. The van der Waals surface area contributed by atoms with Gasteiger partial charge < -0.3 is 13.3 Å². The molecule has 0 N–H and O–H groups in total. The maximum absolute atomic E-state index is 12.7. The van der Waals surface area contributed by atoms with Crippen molar-refractivity contribution in [2.24, 2.45) is 0 Å². The van der Waals surface area contributed by atoms with Gasteiger partial charge in [0.05, 0.1) is 0 Å². The van der Waals surface area contributed by atoms with Crippen molar-refractivity contribution in [3.63, 3.8) is 0 Å². The minimum absolute atomic E-state index is 1.19. The van der Waals surface area contributed by atoms with E-state index in [1.807, 2.05) is 0 Å². The maximum atomic E-state index is 12.7. The average Bonchev–Trinajstić information content (AvgIpc) is 1.92. The van der Waals surface area contributed by atoms with Crippen LogP contribution in [-0.4, -0.2) is 35.9 Å². The van der Waals surface area contributed by atoms with Crippen LogP contribution >= 0.6 is 0 Å². The molecule has 0 aliphatic rings. The van der Waals surface area contributed by atoms with Crippen LogP contribution in [0.25, 0.3) is 0 Å². The highest BCUT2D eigenvalue weighted by molar-refractivity contribution is 6.61. The summed E-state index contributed by atoms with van der Waals surface area (Å²) in [6.07, 6.45) is 0. The molecule has 0 aliphatic heterocycles. The molecule has 0 aromatic rings.